The van der Waals surface area contributed by atoms with Crippen LogP contribution in [0.1, 0.15) is 23.1 Å². The Morgan fingerprint density at radius 3 is 2.34 bits per heavy atom. The second kappa shape index (κ2) is 10.3. The molecule has 0 saturated heterocycles. The Morgan fingerprint density at radius 2 is 1.76 bits per heavy atom. The smallest absolute Gasteiger partial charge is 0.324 e. The number of methoxy groups -OCH3 is 1. The van der Waals surface area contributed by atoms with Gasteiger partial charge >= 0.3 is 5.97 Å². The molecule has 5 nitrogen and oxygen atoms in total. The van der Waals surface area contributed by atoms with E-state index in [9.17, 15) is 13.2 Å². The van der Waals surface area contributed by atoms with Crippen molar-refractivity contribution in [2.24, 2.45) is 0 Å². The molecule has 0 aromatic heterocycles. The van der Waals surface area contributed by atoms with Crippen molar-refractivity contribution in [3.63, 3.8) is 0 Å². The molecule has 6 heteroatoms. The first kappa shape index (κ1) is 22.0. The van der Waals surface area contributed by atoms with Crippen molar-refractivity contribution in [2.75, 3.05) is 7.11 Å². The third-order valence-corrected chi connectivity index (χ3v) is 5.37. The minimum atomic E-state index is -3.90. The topological polar surface area (TPSA) is 72.5 Å². The van der Waals surface area contributed by atoms with Gasteiger partial charge in [0, 0.05) is 17.5 Å². The van der Waals surface area contributed by atoms with Crippen LogP contribution in [0.15, 0.2) is 66.1 Å². The summed E-state index contributed by atoms with van der Waals surface area (Å²) in [6, 6.07) is 12.5. The lowest BCUT2D eigenvalue weighted by molar-refractivity contribution is -0.142. The van der Waals surface area contributed by atoms with Crippen LogP contribution in [0.5, 0.6) is 0 Å². The van der Waals surface area contributed by atoms with Gasteiger partial charge in [-0.05, 0) is 37.3 Å². The summed E-state index contributed by atoms with van der Waals surface area (Å²) in [6.07, 6.45) is 1.43. The van der Waals surface area contributed by atoms with Gasteiger partial charge in [-0.3, -0.25) is 4.79 Å². The predicted octanol–water partition coefficient (Wildman–Crippen LogP) is 2.79. The molecule has 0 fully saturated rings. The number of sulfonamides is 1. The van der Waals surface area contributed by atoms with E-state index < -0.39 is 22.0 Å². The van der Waals surface area contributed by atoms with E-state index in [4.69, 9.17) is 4.74 Å². The maximum Gasteiger partial charge on any atom is 0.324 e. The van der Waals surface area contributed by atoms with Crippen LogP contribution in [0.2, 0.25) is 0 Å². The van der Waals surface area contributed by atoms with E-state index >= 15 is 0 Å². The highest BCUT2D eigenvalue weighted by atomic mass is 32.2. The van der Waals surface area contributed by atoms with Gasteiger partial charge in [-0.2, -0.15) is 4.72 Å². The van der Waals surface area contributed by atoms with E-state index in [0.717, 1.165) is 11.1 Å². The summed E-state index contributed by atoms with van der Waals surface area (Å²) in [4.78, 5) is 12.1. The van der Waals surface area contributed by atoms with Crippen LogP contribution >= 0.6 is 0 Å². The summed E-state index contributed by atoms with van der Waals surface area (Å²) >= 11 is 0. The standard InChI is InChI=1S/C23H21NO4S/c1-4-5-9-19-10-6-7-11-20(19)12-8-13-22(23(25)28-3)24-29(26,27)21-16-14-18(2)15-17-21/h4,6-7,10-11,14-17,22,24H,1,13H2,2-3H3/t22-/m0/s1. The van der Waals surface area contributed by atoms with E-state index in [-0.39, 0.29) is 11.3 Å². The number of carbonyl (C=O) groups excluding carboxylic acids is 1. The molecule has 2 aromatic carbocycles. The van der Waals surface area contributed by atoms with Crippen molar-refractivity contribution in [1.29, 1.82) is 0 Å². The molecule has 0 radical (unpaired) electrons. The Morgan fingerprint density at radius 1 is 1.14 bits per heavy atom. The van der Waals surface area contributed by atoms with Crippen LogP contribution in [-0.2, 0) is 19.6 Å². The van der Waals surface area contributed by atoms with Crippen LogP contribution in [0.25, 0.3) is 0 Å². The van der Waals surface area contributed by atoms with Gasteiger partial charge < -0.3 is 4.74 Å². The maximum atomic E-state index is 12.6. The number of benzene rings is 2. The minimum Gasteiger partial charge on any atom is -0.468 e. The lowest BCUT2D eigenvalue weighted by Gasteiger charge is -2.14. The number of hydrogen-bond acceptors (Lipinski definition) is 4. The third kappa shape index (κ3) is 6.36. The number of hydrogen-bond donors (Lipinski definition) is 1. The molecule has 1 atom stereocenters. The number of aryl methyl sites for hydroxylation is 1. The normalized spacial score (nSPS) is 11.2. The Balaban J connectivity index is 2.24. The molecule has 0 spiro atoms. The van der Waals surface area contributed by atoms with Crippen LogP contribution in [0, 0.1) is 30.6 Å². The molecular formula is C23H21NO4S. The van der Waals surface area contributed by atoms with E-state index in [1.54, 1.807) is 18.2 Å². The summed E-state index contributed by atoms with van der Waals surface area (Å²) in [5.74, 6) is 10.8. The summed E-state index contributed by atoms with van der Waals surface area (Å²) in [7, 11) is -2.70. The Labute approximate surface area is 171 Å². The monoisotopic (exact) mass is 407 g/mol. The summed E-state index contributed by atoms with van der Waals surface area (Å²) in [5, 5.41) is 0. The number of rotatable bonds is 5. The molecule has 29 heavy (non-hydrogen) atoms. The zero-order valence-electron chi connectivity index (χ0n) is 16.2. The summed E-state index contributed by atoms with van der Waals surface area (Å²) in [6.45, 7) is 5.41. The first-order chi connectivity index (χ1) is 13.9. The molecule has 2 rings (SSSR count). The van der Waals surface area contributed by atoms with Gasteiger partial charge in [0.1, 0.15) is 6.04 Å². The number of ether oxygens (including phenoxy) is 1. The number of esters is 1. The Hall–Kier alpha value is -3.32. The molecule has 0 aliphatic carbocycles. The molecule has 0 aliphatic heterocycles. The van der Waals surface area contributed by atoms with Gasteiger partial charge in [0.25, 0.3) is 0 Å². The van der Waals surface area contributed by atoms with Crippen molar-refractivity contribution < 1.29 is 17.9 Å². The molecule has 0 aliphatic rings. The summed E-state index contributed by atoms with van der Waals surface area (Å²) < 4.78 is 32.3. The summed E-state index contributed by atoms with van der Waals surface area (Å²) in [5.41, 5.74) is 2.32. The molecule has 148 valence electrons. The molecule has 0 bridgehead atoms. The van der Waals surface area contributed by atoms with Gasteiger partial charge in [-0.15, -0.1) is 0 Å². The van der Waals surface area contributed by atoms with Crippen LogP contribution in [-0.4, -0.2) is 27.5 Å². The molecule has 0 unspecified atom stereocenters. The second-order valence-corrected chi connectivity index (χ2v) is 7.75. The SMILES string of the molecule is C=CC#Cc1ccccc1C#CC[C@H](NS(=O)(=O)c1ccc(C)cc1)C(=O)OC. The van der Waals surface area contributed by atoms with Crippen molar-refractivity contribution >= 4 is 16.0 Å². The lowest BCUT2D eigenvalue weighted by atomic mass is 10.1. The fourth-order valence-electron chi connectivity index (χ4n) is 2.37. The number of allylic oxidation sites excluding steroid dienone is 1. The highest BCUT2D eigenvalue weighted by Crippen LogP contribution is 2.12. The first-order valence-corrected chi connectivity index (χ1v) is 10.2. The van der Waals surface area contributed by atoms with Gasteiger partial charge in [-0.1, -0.05) is 60.1 Å². The highest BCUT2D eigenvalue weighted by Gasteiger charge is 2.25. The van der Waals surface area contributed by atoms with Crippen LogP contribution in [0.4, 0.5) is 0 Å². The van der Waals surface area contributed by atoms with E-state index in [2.05, 4.69) is 35.0 Å². The number of carbonyl (C=O) groups is 1. The van der Waals surface area contributed by atoms with Crippen molar-refractivity contribution in [1.82, 2.24) is 4.72 Å². The molecular weight excluding hydrogens is 386 g/mol. The molecule has 2 aromatic rings. The molecule has 0 saturated carbocycles. The molecule has 1 N–H and O–H groups in total. The average molecular weight is 407 g/mol. The third-order valence-electron chi connectivity index (χ3n) is 3.88. The minimum absolute atomic E-state index is 0.0546. The van der Waals surface area contributed by atoms with E-state index in [0.29, 0.717) is 5.56 Å². The quantitative estimate of drug-likeness (QED) is 0.611. The predicted molar refractivity (Wildman–Crippen MR) is 112 cm³/mol. The Kier molecular flexibility index (Phi) is 7.79. The van der Waals surface area contributed by atoms with Gasteiger partial charge in [0.05, 0.1) is 12.0 Å². The van der Waals surface area contributed by atoms with Gasteiger partial charge in [-0.25, -0.2) is 8.42 Å². The zero-order chi connectivity index (χ0) is 21.3. The van der Waals surface area contributed by atoms with Crippen LogP contribution < -0.4 is 4.72 Å². The van der Waals surface area contributed by atoms with Crippen molar-refractivity contribution in [2.45, 2.75) is 24.3 Å². The second-order valence-electron chi connectivity index (χ2n) is 6.04. The highest BCUT2D eigenvalue weighted by molar-refractivity contribution is 7.89. The van der Waals surface area contributed by atoms with Crippen molar-refractivity contribution in [3.05, 3.63) is 77.9 Å². The maximum absolute atomic E-state index is 12.6. The van der Waals surface area contributed by atoms with Gasteiger partial charge in [0.2, 0.25) is 10.0 Å². The lowest BCUT2D eigenvalue weighted by Crippen LogP contribution is -2.41. The van der Waals surface area contributed by atoms with E-state index in [1.165, 1.54) is 25.3 Å². The first-order valence-electron chi connectivity index (χ1n) is 8.74. The average Bonchev–Trinajstić information content (AvgIpc) is 2.72. The molecule has 0 heterocycles. The number of nitrogens with one attached hydrogen (secondary N) is 1. The van der Waals surface area contributed by atoms with Crippen molar-refractivity contribution in [3.8, 4) is 23.7 Å². The Bertz CT molecular complexity index is 1110. The largest absolute Gasteiger partial charge is 0.468 e. The fourth-order valence-corrected chi connectivity index (χ4v) is 3.55. The fraction of sp³-hybridized carbons (Fsp3) is 0.174. The molecule has 0 amide bonds. The van der Waals surface area contributed by atoms with Crippen LogP contribution in [0.3, 0.4) is 0 Å². The van der Waals surface area contributed by atoms with E-state index in [1.807, 2.05) is 25.1 Å². The zero-order valence-corrected chi connectivity index (χ0v) is 17.0. The van der Waals surface area contributed by atoms with Gasteiger partial charge in [0.15, 0.2) is 0 Å².